The number of pyridine rings is 1. The van der Waals surface area contributed by atoms with Gasteiger partial charge in [-0.25, -0.2) is 4.98 Å². The number of aliphatic hydroxyl groups is 1. The molecule has 0 unspecified atom stereocenters. The van der Waals surface area contributed by atoms with E-state index >= 15 is 0 Å². The van der Waals surface area contributed by atoms with E-state index in [0.717, 1.165) is 31.4 Å². The summed E-state index contributed by atoms with van der Waals surface area (Å²) in [6, 6.07) is 4.27. The Hall–Kier alpha value is -1.13. The van der Waals surface area contributed by atoms with E-state index in [2.05, 4.69) is 22.0 Å². The maximum atomic E-state index is 9.95. The van der Waals surface area contributed by atoms with Crippen molar-refractivity contribution in [2.24, 2.45) is 11.3 Å². The maximum Gasteiger partial charge on any atom is 0.127 e. The lowest BCUT2D eigenvalue weighted by molar-refractivity contribution is 0.0180. The number of piperidine rings is 1. The standard InChI is InChI=1S/C18H29N3O/c1-20(2)17-7-6-16(11-19-17)12-21-9-3-8-18(13-21,14-22)10-15-4-5-15/h6-7,11,15,22H,3-5,8-10,12-14H2,1-2H3/t18-/m0/s1. The number of aliphatic hydroxyl groups excluding tert-OH is 1. The van der Waals surface area contributed by atoms with Crippen molar-refractivity contribution in [2.45, 2.75) is 38.6 Å². The highest BCUT2D eigenvalue weighted by molar-refractivity contribution is 5.37. The number of aromatic nitrogens is 1. The second-order valence-electron chi connectivity index (χ2n) is 7.54. The van der Waals surface area contributed by atoms with Gasteiger partial charge in [0.1, 0.15) is 5.82 Å². The Kier molecular flexibility index (Phi) is 4.69. The largest absolute Gasteiger partial charge is 0.396 e. The smallest absolute Gasteiger partial charge is 0.127 e. The molecule has 0 bridgehead atoms. The fourth-order valence-electron chi connectivity index (χ4n) is 3.77. The van der Waals surface area contributed by atoms with E-state index in [1.165, 1.54) is 37.7 Å². The summed E-state index contributed by atoms with van der Waals surface area (Å²) in [7, 11) is 4.03. The summed E-state index contributed by atoms with van der Waals surface area (Å²) in [5.41, 5.74) is 1.42. The Morgan fingerprint density at radius 3 is 2.77 bits per heavy atom. The average molecular weight is 303 g/mol. The fourth-order valence-corrected chi connectivity index (χ4v) is 3.77. The SMILES string of the molecule is CN(C)c1ccc(CN2CCC[C@](CO)(CC3CC3)C2)cn1. The summed E-state index contributed by atoms with van der Waals surface area (Å²) in [4.78, 5) is 9.04. The number of nitrogens with zero attached hydrogens (tertiary/aromatic N) is 3. The van der Waals surface area contributed by atoms with Gasteiger partial charge in [0.25, 0.3) is 0 Å². The third-order valence-electron chi connectivity index (χ3n) is 5.17. The van der Waals surface area contributed by atoms with Crippen LogP contribution in [0.4, 0.5) is 5.82 Å². The van der Waals surface area contributed by atoms with E-state index in [-0.39, 0.29) is 5.41 Å². The van der Waals surface area contributed by atoms with Crippen LogP contribution in [-0.2, 0) is 6.54 Å². The summed E-state index contributed by atoms with van der Waals surface area (Å²) in [5.74, 6) is 1.88. The van der Waals surface area contributed by atoms with Gasteiger partial charge in [-0.05, 0) is 43.4 Å². The quantitative estimate of drug-likeness (QED) is 0.876. The zero-order chi connectivity index (χ0) is 15.6. The molecular weight excluding hydrogens is 274 g/mol. The van der Waals surface area contributed by atoms with Crippen molar-refractivity contribution in [1.29, 1.82) is 0 Å². The molecule has 0 amide bonds. The highest BCUT2D eigenvalue weighted by Crippen LogP contribution is 2.44. The molecule has 1 atom stereocenters. The van der Waals surface area contributed by atoms with E-state index in [0.29, 0.717) is 6.61 Å². The summed E-state index contributed by atoms with van der Waals surface area (Å²) in [6.45, 7) is 3.47. The fraction of sp³-hybridized carbons (Fsp3) is 0.722. The van der Waals surface area contributed by atoms with E-state index in [4.69, 9.17) is 0 Å². The van der Waals surface area contributed by atoms with Crippen LogP contribution in [0.3, 0.4) is 0 Å². The minimum atomic E-state index is 0.149. The minimum absolute atomic E-state index is 0.149. The van der Waals surface area contributed by atoms with Crippen molar-refractivity contribution in [3.05, 3.63) is 23.9 Å². The first-order valence-corrected chi connectivity index (χ1v) is 8.56. The molecule has 1 aliphatic heterocycles. The monoisotopic (exact) mass is 303 g/mol. The van der Waals surface area contributed by atoms with Gasteiger partial charge in [0.2, 0.25) is 0 Å². The lowest BCUT2D eigenvalue weighted by Gasteiger charge is -2.42. The molecule has 22 heavy (non-hydrogen) atoms. The Morgan fingerprint density at radius 2 is 2.18 bits per heavy atom. The van der Waals surface area contributed by atoms with Crippen molar-refractivity contribution in [1.82, 2.24) is 9.88 Å². The molecule has 1 saturated heterocycles. The van der Waals surface area contributed by atoms with Gasteiger partial charge in [0, 0.05) is 45.4 Å². The van der Waals surface area contributed by atoms with Crippen LogP contribution in [-0.4, -0.2) is 48.8 Å². The molecule has 4 nitrogen and oxygen atoms in total. The van der Waals surface area contributed by atoms with Crippen molar-refractivity contribution in [2.75, 3.05) is 38.7 Å². The van der Waals surface area contributed by atoms with Gasteiger partial charge in [-0.15, -0.1) is 0 Å². The van der Waals surface area contributed by atoms with Crippen LogP contribution in [0, 0.1) is 11.3 Å². The number of likely N-dealkylation sites (tertiary alicyclic amines) is 1. The van der Waals surface area contributed by atoms with Gasteiger partial charge in [-0.2, -0.15) is 0 Å². The molecule has 0 aromatic carbocycles. The summed E-state index contributed by atoms with van der Waals surface area (Å²) in [6.07, 6.45) is 8.35. The van der Waals surface area contributed by atoms with Crippen LogP contribution in [0.5, 0.6) is 0 Å². The number of hydrogen-bond donors (Lipinski definition) is 1. The molecule has 122 valence electrons. The van der Waals surface area contributed by atoms with Gasteiger partial charge in [-0.1, -0.05) is 18.9 Å². The second-order valence-corrected chi connectivity index (χ2v) is 7.54. The Balaban J connectivity index is 1.61. The van der Waals surface area contributed by atoms with Crippen molar-refractivity contribution in [3.8, 4) is 0 Å². The van der Waals surface area contributed by atoms with Gasteiger partial charge in [0.05, 0.1) is 0 Å². The van der Waals surface area contributed by atoms with Gasteiger partial charge in [-0.3, -0.25) is 4.90 Å². The molecule has 1 aromatic heterocycles. The Labute approximate surface area is 134 Å². The van der Waals surface area contributed by atoms with Crippen molar-refractivity contribution >= 4 is 5.82 Å². The number of anilines is 1. The molecule has 4 heteroatoms. The van der Waals surface area contributed by atoms with E-state index in [1.54, 1.807) is 0 Å². The molecule has 1 aliphatic carbocycles. The lowest BCUT2D eigenvalue weighted by Crippen LogP contribution is -2.45. The van der Waals surface area contributed by atoms with Gasteiger partial charge in [0.15, 0.2) is 0 Å². The van der Waals surface area contributed by atoms with Crippen LogP contribution in [0.2, 0.25) is 0 Å². The predicted octanol–water partition coefficient (Wildman–Crippen LogP) is 2.52. The van der Waals surface area contributed by atoms with Crippen LogP contribution in [0.1, 0.15) is 37.7 Å². The lowest BCUT2D eigenvalue weighted by atomic mass is 9.76. The molecule has 1 aromatic rings. The molecule has 3 rings (SSSR count). The summed E-state index contributed by atoms with van der Waals surface area (Å²) in [5, 5.41) is 9.95. The zero-order valence-corrected chi connectivity index (χ0v) is 14.0. The first kappa shape index (κ1) is 15.8. The molecule has 2 heterocycles. The summed E-state index contributed by atoms with van der Waals surface area (Å²) >= 11 is 0. The van der Waals surface area contributed by atoms with Crippen LogP contribution < -0.4 is 4.90 Å². The summed E-state index contributed by atoms with van der Waals surface area (Å²) < 4.78 is 0. The molecule has 2 fully saturated rings. The third kappa shape index (κ3) is 3.79. The average Bonchev–Trinajstić information content (AvgIpc) is 3.32. The van der Waals surface area contributed by atoms with Gasteiger partial charge < -0.3 is 10.0 Å². The van der Waals surface area contributed by atoms with E-state index in [9.17, 15) is 5.11 Å². The third-order valence-corrected chi connectivity index (χ3v) is 5.17. The highest BCUT2D eigenvalue weighted by Gasteiger charge is 2.39. The number of rotatable bonds is 6. The second kappa shape index (κ2) is 6.55. The zero-order valence-electron chi connectivity index (χ0n) is 14.0. The predicted molar refractivity (Wildman–Crippen MR) is 89.9 cm³/mol. The van der Waals surface area contributed by atoms with Gasteiger partial charge >= 0.3 is 0 Å². The first-order chi connectivity index (χ1) is 10.6. The van der Waals surface area contributed by atoms with Crippen LogP contribution >= 0.6 is 0 Å². The Bertz CT molecular complexity index is 484. The van der Waals surface area contributed by atoms with E-state index < -0.39 is 0 Å². The molecule has 2 aliphatic rings. The molecule has 1 saturated carbocycles. The Morgan fingerprint density at radius 1 is 1.36 bits per heavy atom. The first-order valence-electron chi connectivity index (χ1n) is 8.56. The minimum Gasteiger partial charge on any atom is -0.396 e. The van der Waals surface area contributed by atoms with Crippen LogP contribution in [0.25, 0.3) is 0 Å². The normalized spacial score (nSPS) is 26.1. The van der Waals surface area contributed by atoms with E-state index in [1.807, 2.05) is 25.2 Å². The van der Waals surface area contributed by atoms with Crippen molar-refractivity contribution in [3.63, 3.8) is 0 Å². The molecular formula is C18H29N3O. The number of hydrogen-bond acceptors (Lipinski definition) is 4. The molecule has 0 spiro atoms. The molecule has 0 radical (unpaired) electrons. The molecule has 1 N–H and O–H groups in total. The topological polar surface area (TPSA) is 39.6 Å². The highest BCUT2D eigenvalue weighted by atomic mass is 16.3. The maximum absolute atomic E-state index is 9.95. The van der Waals surface area contributed by atoms with Crippen molar-refractivity contribution < 1.29 is 5.11 Å². The van der Waals surface area contributed by atoms with Crippen LogP contribution in [0.15, 0.2) is 18.3 Å².